The van der Waals surface area contributed by atoms with Crippen molar-refractivity contribution in [2.75, 3.05) is 19.8 Å². The van der Waals surface area contributed by atoms with E-state index < -0.39 is 34.4 Å². The Hall–Kier alpha value is -3.14. The molecule has 0 spiro atoms. The first kappa shape index (κ1) is 19.2. The molecule has 1 aromatic rings. The van der Waals surface area contributed by atoms with Crippen molar-refractivity contribution >= 4 is 17.7 Å². The third-order valence-electron chi connectivity index (χ3n) is 3.68. The molecule has 1 atom stereocenters. The van der Waals surface area contributed by atoms with Crippen LogP contribution >= 0.6 is 0 Å². The van der Waals surface area contributed by atoms with Crippen molar-refractivity contribution in [3.63, 3.8) is 0 Å². The van der Waals surface area contributed by atoms with Crippen molar-refractivity contribution in [3.05, 3.63) is 45.1 Å². The number of phenols is 1. The number of nitro benzene ring substituents is 1. The Morgan fingerprint density at radius 1 is 1.38 bits per heavy atom. The predicted octanol–water partition coefficient (Wildman–Crippen LogP) is 1.51. The number of rotatable bonds is 7. The van der Waals surface area contributed by atoms with Gasteiger partial charge in [-0.15, -0.1) is 0 Å². The van der Waals surface area contributed by atoms with E-state index in [-0.39, 0.29) is 30.0 Å². The highest BCUT2D eigenvalue weighted by atomic mass is 16.6. The van der Waals surface area contributed by atoms with E-state index in [1.807, 2.05) is 6.92 Å². The fourth-order valence-corrected chi connectivity index (χ4v) is 2.50. The van der Waals surface area contributed by atoms with Crippen molar-refractivity contribution < 1.29 is 29.1 Å². The highest BCUT2D eigenvalue weighted by Gasteiger charge is 2.33. The molecular weight excluding hydrogens is 346 g/mol. The third-order valence-corrected chi connectivity index (χ3v) is 3.68. The van der Waals surface area contributed by atoms with Gasteiger partial charge in [0.25, 0.3) is 0 Å². The van der Waals surface area contributed by atoms with Crippen LogP contribution in [0.1, 0.15) is 25.5 Å². The smallest absolute Gasteiger partial charge is 0.338 e. The molecule has 0 aliphatic carbocycles. The Morgan fingerprint density at radius 3 is 2.77 bits per heavy atom. The van der Waals surface area contributed by atoms with Gasteiger partial charge in [-0.2, -0.15) is 0 Å². The number of carbonyl (C=O) groups is 2. The Morgan fingerprint density at radius 2 is 2.12 bits per heavy atom. The molecule has 0 radical (unpaired) electrons. The number of amides is 2. The summed E-state index contributed by atoms with van der Waals surface area (Å²) in [7, 11) is 0. The van der Waals surface area contributed by atoms with Crippen LogP contribution in [0.15, 0.2) is 29.5 Å². The van der Waals surface area contributed by atoms with Gasteiger partial charge in [-0.05, 0) is 25.5 Å². The van der Waals surface area contributed by atoms with Crippen LogP contribution in [0.2, 0.25) is 0 Å². The monoisotopic (exact) mass is 365 g/mol. The maximum absolute atomic E-state index is 12.4. The Balaban J connectivity index is 2.33. The Kier molecular flexibility index (Phi) is 6.12. The van der Waals surface area contributed by atoms with Crippen molar-refractivity contribution in [2.45, 2.75) is 19.9 Å². The zero-order valence-electron chi connectivity index (χ0n) is 14.3. The van der Waals surface area contributed by atoms with Crippen molar-refractivity contribution in [2.24, 2.45) is 0 Å². The van der Waals surface area contributed by atoms with Crippen LogP contribution in [0.25, 0.3) is 0 Å². The second-order valence-corrected chi connectivity index (χ2v) is 5.41. The zero-order chi connectivity index (χ0) is 19.3. The van der Waals surface area contributed by atoms with Gasteiger partial charge < -0.3 is 25.2 Å². The molecule has 26 heavy (non-hydrogen) atoms. The summed E-state index contributed by atoms with van der Waals surface area (Å²) >= 11 is 0. The van der Waals surface area contributed by atoms with E-state index >= 15 is 0 Å². The van der Waals surface area contributed by atoms with Gasteiger partial charge in [-0.1, -0.05) is 6.07 Å². The molecule has 1 heterocycles. The van der Waals surface area contributed by atoms with Crippen LogP contribution in [0.5, 0.6) is 5.75 Å². The lowest BCUT2D eigenvalue weighted by molar-refractivity contribution is -0.385. The summed E-state index contributed by atoms with van der Waals surface area (Å²) in [5, 5.41) is 25.6. The van der Waals surface area contributed by atoms with Crippen molar-refractivity contribution in [3.8, 4) is 5.75 Å². The number of esters is 1. The van der Waals surface area contributed by atoms with Gasteiger partial charge >= 0.3 is 17.7 Å². The molecule has 3 N–H and O–H groups in total. The molecule has 1 aromatic carbocycles. The number of ether oxygens (including phenoxy) is 2. The van der Waals surface area contributed by atoms with Crippen LogP contribution in [-0.2, 0) is 14.3 Å². The number of aromatic hydroxyl groups is 1. The fourth-order valence-electron chi connectivity index (χ4n) is 2.50. The molecular formula is C16H19N3O7. The van der Waals surface area contributed by atoms with Gasteiger partial charge in [0.05, 0.1) is 23.1 Å². The van der Waals surface area contributed by atoms with E-state index in [0.29, 0.717) is 6.61 Å². The number of urea groups is 1. The second kappa shape index (κ2) is 8.30. The molecule has 1 aliphatic rings. The van der Waals surface area contributed by atoms with Crippen LogP contribution in [0.3, 0.4) is 0 Å². The Labute approximate surface area is 148 Å². The summed E-state index contributed by atoms with van der Waals surface area (Å²) in [5.41, 5.74) is 0.120. The first-order valence-electron chi connectivity index (χ1n) is 7.85. The van der Waals surface area contributed by atoms with Crippen molar-refractivity contribution in [1.82, 2.24) is 10.6 Å². The lowest BCUT2D eigenvalue weighted by Gasteiger charge is -2.28. The number of nitro groups is 1. The zero-order valence-corrected chi connectivity index (χ0v) is 14.3. The van der Waals surface area contributed by atoms with Crippen LogP contribution < -0.4 is 10.6 Å². The van der Waals surface area contributed by atoms with E-state index in [2.05, 4.69) is 10.6 Å². The minimum atomic E-state index is -0.956. The van der Waals surface area contributed by atoms with Gasteiger partial charge in [0, 0.05) is 18.4 Å². The SMILES string of the molecule is CCOCCOC(=O)C1=C(C)NC(=O)N[C@@H]1c1ccc(O)c([N+](=O)[O-])c1. The normalized spacial score (nSPS) is 16.7. The molecule has 0 saturated carbocycles. The molecule has 140 valence electrons. The summed E-state index contributed by atoms with van der Waals surface area (Å²) in [5.74, 6) is -1.20. The minimum absolute atomic E-state index is 0.0276. The lowest BCUT2D eigenvalue weighted by Crippen LogP contribution is -2.45. The van der Waals surface area contributed by atoms with Gasteiger partial charge in [-0.25, -0.2) is 9.59 Å². The number of phenolic OH excluding ortho intramolecular Hbond substituents is 1. The minimum Gasteiger partial charge on any atom is -0.502 e. The van der Waals surface area contributed by atoms with Gasteiger partial charge in [0.2, 0.25) is 0 Å². The summed E-state index contributed by atoms with van der Waals surface area (Å²) in [6.45, 7) is 4.07. The van der Waals surface area contributed by atoms with Gasteiger partial charge in [0.15, 0.2) is 5.75 Å². The molecule has 2 rings (SSSR count). The predicted molar refractivity (Wildman–Crippen MR) is 89.3 cm³/mol. The number of nitrogens with zero attached hydrogens (tertiary/aromatic N) is 1. The average Bonchev–Trinajstić information content (AvgIpc) is 2.58. The molecule has 1 aliphatic heterocycles. The highest BCUT2D eigenvalue weighted by molar-refractivity contribution is 5.95. The van der Waals surface area contributed by atoms with Crippen LogP contribution in [-0.4, -0.2) is 41.9 Å². The standard InChI is InChI=1S/C16H19N3O7/c1-3-25-6-7-26-15(21)13-9(2)17-16(22)18-14(13)10-4-5-12(20)11(8-10)19(23)24/h4-5,8,14,20H,3,6-7H2,1-2H3,(H2,17,18,22)/t14-/m1/s1. The molecule has 0 aromatic heterocycles. The van der Waals surface area contributed by atoms with E-state index in [9.17, 15) is 24.8 Å². The molecule has 0 bridgehead atoms. The first-order chi connectivity index (χ1) is 12.3. The molecule has 10 nitrogen and oxygen atoms in total. The number of carbonyl (C=O) groups excluding carboxylic acids is 2. The van der Waals surface area contributed by atoms with Crippen LogP contribution in [0, 0.1) is 10.1 Å². The highest BCUT2D eigenvalue weighted by Crippen LogP contribution is 2.33. The second-order valence-electron chi connectivity index (χ2n) is 5.41. The number of allylic oxidation sites excluding steroid dienone is 1. The van der Waals surface area contributed by atoms with E-state index in [4.69, 9.17) is 9.47 Å². The Bertz CT molecular complexity index is 760. The molecule has 0 saturated heterocycles. The maximum atomic E-state index is 12.4. The molecule has 10 heteroatoms. The number of hydrogen-bond donors (Lipinski definition) is 3. The van der Waals surface area contributed by atoms with Gasteiger partial charge in [-0.3, -0.25) is 10.1 Å². The van der Waals surface area contributed by atoms with E-state index in [0.717, 1.165) is 12.1 Å². The average molecular weight is 365 g/mol. The molecule has 2 amide bonds. The number of nitrogens with one attached hydrogen (secondary N) is 2. The number of benzene rings is 1. The quantitative estimate of drug-likeness (QED) is 0.288. The van der Waals surface area contributed by atoms with Gasteiger partial charge in [0.1, 0.15) is 6.61 Å². The molecule has 0 unspecified atom stereocenters. The topological polar surface area (TPSA) is 140 Å². The van der Waals surface area contributed by atoms with E-state index in [1.165, 1.54) is 13.0 Å². The first-order valence-corrected chi connectivity index (χ1v) is 7.85. The fraction of sp³-hybridized carbons (Fsp3) is 0.375. The summed E-state index contributed by atoms with van der Waals surface area (Å²) in [6, 6.07) is 2.11. The summed E-state index contributed by atoms with van der Waals surface area (Å²) < 4.78 is 10.2. The maximum Gasteiger partial charge on any atom is 0.338 e. The van der Waals surface area contributed by atoms with Crippen LogP contribution in [0.4, 0.5) is 10.5 Å². The third kappa shape index (κ3) is 4.28. The largest absolute Gasteiger partial charge is 0.502 e. The lowest BCUT2D eigenvalue weighted by atomic mass is 9.95. The molecule has 0 fully saturated rings. The van der Waals surface area contributed by atoms with E-state index in [1.54, 1.807) is 0 Å². The number of hydrogen-bond acceptors (Lipinski definition) is 7. The summed E-state index contributed by atoms with van der Waals surface area (Å²) in [4.78, 5) is 34.5. The van der Waals surface area contributed by atoms with Crippen molar-refractivity contribution in [1.29, 1.82) is 0 Å². The summed E-state index contributed by atoms with van der Waals surface area (Å²) in [6.07, 6.45) is 0.